The van der Waals surface area contributed by atoms with Crippen LogP contribution in [0.4, 0.5) is 5.13 Å². The Balaban J connectivity index is 1.83. The van der Waals surface area contributed by atoms with Crippen LogP contribution in [0, 0.1) is 13.8 Å². The molecule has 0 aliphatic carbocycles. The quantitative estimate of drug-likeness (QED) is 0.739. The normalized spacial score (nSPS) is 11.9. The number of thiazole rings is 1. The molecule has 2 heterocycles. The van der Waals surface area contributed by atoms with Crippen molar-refractivity contribution in [2.75, 3.05) is 5.73 Å². The highest BCUT2D eigenvalue weighted by molar-refractivity contribution is 7.15. The Morgan fingerprint density at radius 3 is 2.36 bits per heavy atom. The number of hydrogen-bond acceptors (Lipinski definition) is 5. The first-order valence-corrected chi connectivity index (χ1v) is 8.82. The first kappa shape index (κ1) is 17.1. The van der Waals surface area contributed by atoms with Gasteiger partial charge >= 0.3 is 0 Å². The monoisotopic (exact) mass is 352 g/mol. The predicted molar refractivity (Wildman–Crippen MR) is 100 cm³/mol. The zero-order valence-corrected chi connectivity index (χ0v) is 15.0. The first-order chi connectivity index (χ1) is 12.0. The number of aromatic nitrogens is 2. The van der Waals surface area contributed by atoms with Crippen LogP contribution in [0.1, 0.15) is 33.3 Å². The van der Waals surface area contributed by atoms with E-state index in [1.165, 1.54) is 16.9 Å². The summed E-state index contributed by atoms with van der Waals surface area (Å²) in [6, 6.07) is 11.8. The SMILES string of the molecule is Cc1ccc(C(NC(=O)Cc2sc(N)nc2C)c2ccncc2)cc1. The third-order valence-corrected chi connectivity index (χ3v) is 4.97. The van der Waals surface area contributed by atoms with Crippen molar-refractivity contribution in [2.24, 2.45) is 0 Å². The Hall–Kier alpha value is -2.73. The number of rotatable bonds is 5. The largest absolute Gasteiger partial charge is 0.375 e. The van der Waals surface area contributed by atoms with Crippen molar-refractivity contribution in [1.29, 1.82) is 0 Å². The van der Waals surface area contributed by atoms with E-state index in [0.29, 0.717) is 5.13 Å². The van der Waals surface area contributed by atoms with Crippen molar-refractivity contribution in [2.45, 2.75) is 26.3 Å². The Kier molecular flexibility index (Phi) is 5.09. The molecule has 0 saturated carbocycles. The minimum atomic E-state index is -0.221. The number of nitrogens with two attached hydrogens (primary N) is 1. The molecule has 1 unspecified atom stereocenters. The maximum Gasteiger partial charge on any atom is 0.226 e. The van der Waals surface area contributed by atoms with Crippen LogP contribution in [-0.2, 0) is 11.2 Å². The van der Waals surface area contributed by atoms with Crippen LogP contribution < -0.4 is 11.1 Å². The molecule has 2 aromatic heterocycles. The van der Waals surface area contributed by atoms with Crippen molar-refractivity contribution < 1.29 is 4.79 Å². The molecule has 0 saturated heterocycles. The molecule has 0 fully saturated rings. The second kappa shape index (κ2) is 7.44. The van der Waals surface area contributed by atoms with Crippen molar-refractivity contribution in [1.82, 2.24) is 15.3 Å². The second-order valence-corrected chi connectivity index (χ2v) is 7.04. The summed E-state index contributed by atoms with van der Waals surface area (Å²) in [5, 5.41) is 3.62. The van der Waals surface area contributed by atoms with Crippen molar-refractivity contribution in [3.05, 3.63) is 76.1 Å². The van der Waals surface area contributed by atoms with E-state index >= 15 is 0 Å². The number of amides is 1. The highest BCUT2D eigenvalue weighted by Crippen LogP contribution is 2.24. The van der Waals surface area contributed by atoms with Gasteiger partial charge in [-0.05, 0) is 37.1 Å². The van der Waals surface area contributed by atoms with E-state index in [9.17, 15) is 4.79 Å². The lowest BCUT2D eigenvalue weighted by atomic mass is 9.98. The van der Waals surface area contributed by atoms with E-state index in [1.807, 2.05) is 50.2 Å². The van der Waals surface area contributed by atoms with E-state index < -0.39 is 0 Å². The topological polar surface area (TPSA) is 80.9 Å². The van der Waals surface area contributed by atoms with Crippen LogP contribution in [0.2, 0.25) is 0 Å². The summed E-state index contributed by atoms with van der Waals surface area (Å²) in [7, 11) is 0. The Morgan fingerprint density at radius 2 is 1.76 bits per heavy atom. The fourth-order valence-electron chi connectivity index (χ4n) is 2.65. The van der Waals surface area contributed by atoms with Gasteiger partial charge in [0.1, 0.15) is 0 Å². The number of carbonyl (C=O) groups is 1. The predicted octanol–water partition coefficient (Wildman–Crippen LogP) is 3.19. The smallest absolute Gasteiger partial charge is 0.226 e. The van der Waals surface area contributed by atoms with Gasteiger partial charge < -0.3 is 11.1 Å². The van der Waals surface area contributed by atoms with Gasteiger partial charge in [-0.2, -0.15) is 0 Å². The number of carbonyl (C=O) groups excluding carboxylic acids is 1. The molecule has 25 heavy (non-hydrogen) atoms. The molecule has 0 aliphatic heterocycles. The molecule has 0 bridgehead atoms. The van der Waals surface area contributed by atoms with Gasteiger partial charge in [0.15, 0.2) is 5.13 Å². The van der Waals surface area contributed by atoms with Crippen LogP contribution in [0.5, 0.6) is 0 Å². The number of nitrogens with one attached hydrogen (secondary N) is 1. The Labute approximate surface area is 151 Å². The average molecular weight is 352 g/mol. The van der Waals surface area contributed by atoms with Gasteiger partial charge in [-0.3, -0.25) is 9.78 Å². The lowest BCUT2D eigenvalue weighted by Crippen LogP contribution is -2.30. The fraction of sp³-hybridized carbons (Fsp3) is 0.211. The van der Waals surface area contributed by atoms with Crippen molar-refractivity contribution in [3.63, 3.8) is 0 Å². The number of nitrogen functional groups attached to an aromatic ring is 1. The number of anilines is 1. The number of pyridine rings is 1. The van der Waals surface area contributed by atoms with Crippen LogP contribution in [0.25, 0.3) is 0 Å². The van der Waals surface area contributed by atoms with Gasteiger partial charge in [0, 0.05) is 17.3 Å². The van der Waals surface area contributed by atoms with Gasteiger partial charge in [-0.1, -0.05) is 29.8 Å². The maximum atomic E-state index is 12.6. The van der Waals surface area contributed by atoms with E-state index in [2.05, 4.69) is 15.3 Å². The highest BCUT2D eigenvalue weighted by atomic mass is 32.1. The van der Waals surface area contributed by atoms with Crippen LogP contribution in [0.15, 0.2) is 48.8 Å². The van der Waals surface area contributed by atoms with E-state index in [0.717, 1.165) is 21.7 Å². The van der Waals surface area contributed by atoms with Gasteiger partial charge in [0.25, 0.3) is 0 Å². The molecule has 1 amide bonds. The highest BCUT2D eigenvalue weighted by Gasteiger charge is 2.18. The minimum absolute atomic E-state index is 0.0610. The molecule has 6 heteroatoms. The number of nitrogens with zero attached hydrogens (tertiary/aromatic N) is 2. The molecule has 0 aliphatic rings. The summed E-state index contributed by atoms with van der Waals surface area (Å²) in [6.07, 6.45) is 3.74. The minimum Gasteiger partial charge on any atom is -0.375 e. The first-order valence-electron chi connectivity index (χ1n) is 8.00. The average Bonchev–Trinajstić information content (AvgIpc) is 2.91. The van der Waals surface area contributed by atoms with E-state index in [1.54, 1.807) is 12.4 Å². The molecule has 0 spiro atoms. The molecule has 1 aromatic carbocycles. The lowest BCUT2D eigenvalue weighted by molar-refractivity contribution is -0.120. The zero-order chi connectivity index (χ0) is 17.8. The maximum absolute atomic E-state index is 12.6. The van der Waals surface area contributed by atoms with Crippen molar-refractivity contribution in [3.8, 4) is 0 Å². The summed E-state index contributed by atoms with van der Waals surface area (Å²) < 4.78 is 0. The molecule has 1 atom stereocenters. The summed E-state index contributed by atoms with van der Waals surface area (Å²) in [4.78, 5) is 21.7. The van der Waals surface area contributed by atoms with E-state index in [-0.39, 0.29) is 18.4 Å². The number of hydrogen-bond donors (Lipinski definition) is 2. The second-order valence-electron chi connectivity index (χ2n) is 5.93. The van der Waals surface area contributed by atoms with Crippen LogP contribution in [-0.4, -0.2) is 15.9 Å². The molecular weight excluding hydrogens is 332 g/mol. The summed E-state index contributed by atoms with van der Waals surface area (Å²) in [6.45, 7) is 3.91. The lowest BCUT2D eigenvalue weighted by Gasteiger charge is -2.20. The fourth-order valence-corrected chi connectivity index (χ4v) is 3.48. The number of aryl methyl sites for hydroxylation is 2. The Bertz CT molecular complexity index is 859. The standard InChI is InChI=1S/C19H20N4OS/c1-12-3-5-14(6-4-12)18(15-7-9-21-10-8-15)23-17(24)11-16-13(2)22-19(20)25-16/h3-10,18H,11H2,1-2H3,(H2,20,22)(H,23,24). The Morgan fingerprint density at radius 1 is 1.12 bits per heavy atom. The van der Waals surface area contributed by atoms with Gasteiger partial charge in [-0.25, -0.2) is 4.98 Å². The van der Waals surface area contributed by atoms with Crippen molar-refractivity contribution >= 4 is 22.4 Å². The third kappa shape index (κ3) is 4.22. The van der Waals surface area contributed by atoms with E-state index in [4.69, 9.17) is 5.73 Å². The molecule has 3 N–H and O–H groups in total. The zero-order valence-electron chi connectivity index (χ0n) is 14.2. The molecule has 0 radical (unpaired) electrons. The third-order valence-electron chi connectivity index (χ3n) is 3.99. The van der Waals surface area contributed by atoms with Gasteiger partial charge in [-0.15, -0.1) is 11.3 Å². The summed E-state index contributed by atoms with van der Waals surface area (Å²) in [5.41, 5.74) is 9.74. The van der Waals surface area contributed by atoms with Crippen LogP contribution in [0.3, 0.4) is 0 Å². The molecule has 3 rings (SSSR count). The summed E-state index contributed by atoms with van der Waals surface area (Å²) in [5.74, 6) is -0.0610. The van der Waals surface area contributed by atoms with Gasteiger partial charge in [0.2, 0.25) is 5.91 Å². The molecule has 128 valence electrons. The summed E-state index contributed by atoms with van der Waals surface area (Å²) >= 11 is 1.36. The van der Waals surface area contributed by atoms with Crippen LogP contribution >= 0.6 is 11.3 Å². The number of benzene rings is 1. The molecule has 3 aromatic rings. The van der Waals surface area contributed by atoms with Gasteiger partial charge in [0.05, 0.1) is 18.2 Å². The molecular formula is C19H20N4OS. The molecule has 5 nitrogen and oxygen atoms in total.